The number of ketones is 1. The molecule has 0 aliphatic rings. The molecular formula is C4H9O5P. The van der Waals surface area contributed by atoms with E-state index in [9.17, 15) is 9.36 Å². The molecule has 0 aliphatic heterocycles. The van der Waals surface area contributed by atoms with Crippen molar-refractivity contribution in [2.24, 2.45) is 0 Å². The first-order chi connectivity index (χ1) is 4.66. The van der Waals surface area contributed by atoms with Gasteiger partial charge in [0.1, 0.15) is 13.2 Å². The van der Waals surface area contributed by atoms with Crippen molar-refractivity contribution >= 4 is 14.0 Å². The van der Waals surface area contributed by atoms with Crippen molar-refractivity contribution in [1.82, 2.24) is 0 Å². The first-order valence-electron chi connectivity index (χ1n) is 2.53. The maximum Gasteiger partial charge on any atom is 0.317 e. The highest BCUT2D eigenvalue weighted by Gasteiger charge is 2.01. The van der Waals surface area contributed by atoms with Gasteiger partial charge in [0.05, 0.1) is 0 Å². The SMILES string of the molecule is COCC(=O)CO[PH](=O)O. The second-order valence-corrected chi connectivity index (χ2v) is 2.35. The Morgan fingerprint density at radius 1 is 1.60 bits per heavy atom. The summed E-state index contributed by atoms with van der Waals surface area (Å²) in [5, 5.41) is 0. The van der Waals surface area contributed by atoms with Crippen LogP contribution in [0, 0.1) is 0 Å². The molecule has 0 radical (unpaired) electrons. The third kappa shape index (κ3) is 5.91. The van der Waals surface area contributed by atoms with Gasteiger partial charge >= 0.3 is 8.25 Å². The van der Waals surface area contributed by atoms with Crippen LogP contribution in [-0.2, 0) is 18.6 Å². The summed E-state index contributed by atoms with van der Waals surface area (Å²) in [4.78, 5) is 18.6. The first kappa shape index (κ1) is 9.78. The Morgan fingerprint density at radius 2 is 2.20 bits per heavy atom. The van der Waals surface area contributed by atoms with Gasteiger partial charge in [-0.05, 0) is 0 Å². The molecule has 0 aromatic rings. The smallest absolute Gasteiger partial charge is 0.317 e. The minimum absolute atomic E-state index is 0.0881. The Balaban J connectivity index is 3.30. The average Bonchev–Trinajstić information content (AvgIpc) is 1.85. The normalized spacial score (nSPS) is 13.0. The number of rotatable bonds is 5. The molecule has 1 atom stereocenters. The Kier molecular flexibility index (Phi) is 5.43. The molecule has 0 aliphatic carbocycles. The van der Waals surface area contributed by atoms with Crippen molar-refractivity contribution in [2.75, 3.05) is 20.3 Å². The quantitative estimate of drug-likeness (QED) is 0.565. The van der Waals surface area contributed by atoms with Gasteiger partial charge in [0.25, 0.3) is 0 Å². The molecule has 1 N–H and O–H groups in total. The molecule has 0 spiro atoms. The van der Waals surface area contributed by atoms with Gasteiger partial charge in [0.2, 0.25) is 0 Å². The lowest BCUT2D eigenvalue weighted by Gasteiger charge is -1.96. The minimum Gasteiger partial charge on any atom is -0.377 e. The largest absolute Gasteiger partial charge is 0.377 e. The van der Waals surface area contributed by atoms with Crippen LogP contribution in [0.25, 0.3) is 0 Å². The summed E-state index contributed by atoms with van der Waals surface area (Å²) < 4.78 is 18.4. The second kappa shape index (κ2) is 5.56. The van der Waals surface area contributed by atoms with Crippen LogP contribution < -0.4 is 0 Å². The van der Waals surface area contributed by atoms with Crippen LogP contribution in [0.5, 0.6) is 0 Å². The zero-order valence-corrected chi connectivity index (χ0v) is 6.49. The standard InChI is InChI=1S/C4H9O5P/c1-8-2-4(5)3-9-10(6)7/h10H,2-3H2,1H3,(H,6,7). The van der Waals surface area contributed by atoms with Gasteiger partial charge in [-0.25, -0.2) is 0 Å². The van der Waals surface area contributed by atoms with Gasteiger partial charge in [0.15, 0.2) is 5.78 Å². The van der Waals surface area contributed by atoms with Crippen molar-refractivity contribution in [3.05, 3.63) is 0 Å². The van der Waals surface area contributed by atoms with Crippen LogP contribution >= 0.6 is 8.25 Å². The van der Waals surface area contributed by atoms with Gasteiger partial charge in [-0.15, -0.1) is 0 Å². The van der Waals surface area contributed by atoms with Crippen LogP contribution in [0.2, 0.25) is 0 Å². The molecule has 10 heavy (non-hydrogen) atoms. The molecule has 5 nitrogen and oxygen atoms in total. The fourth-order valence-corrected chi connectivity index (χ4v) is 0.629. The van der Waals surface area contributed by atoms with Gasteiger partial charge in [-0.2, -0.15) is 0 Å². The Hall–Kier alpha value is -0.220. The van der Waals surface area contributed by atoms with E-state index in [0.717, 1.165) is 0 Å². The van der Waals surface area contributed by atoms with E-state index in [-0.39, 0.29) is 19.0 Å². The third-order valence-corrected chi connectivity index (χ3v) is 1.05. The Labute approximate surface area is 58.9 Å². The lowest BCUT2D eigenvalue weighted by molar-refractivity contribution is -0.124. The molecule has 0 fully saturated rings. The van der Waals surface area contributed by atoms with Crippen LogP contribution in [0.15, 0.2) is 0 Å². The fraction of sp³-hybridized carbons (Fsp3) is 0.750. The van der Waals surface area contributed by atoms with E-state index in [1.165, 1.54) is 7.11 Å². The minimum atomic E-state index is -2.97. The topological polar surface area (TPSA) is 72.8 Å². The lowest BCUT2D eigenvalue weighted by Crippen LogP contribution is -2.11. The number of hydrogen-bond acceptors (Lipinski definition) is 4. The van der Waals surface area contributed by atoms with Crippen molar-refractivity contribution < 1.29 is 23.5 Å². The highest BCUT2D eigenvalue weighted by atomic mass is 31.1. The van der Waals surface area contributed by atoms with Crippen molar-refractivity contribution in [3.63, 3.8) is 0 Å². The zero-order valence-electron chi connectivity index (χ0n) is 5.49. The van der Waals surface area contributed by atoms with E-state index in [0.29, 0.717) is 0 Å². The molecular weight excluding hydrogens is 159 g/mol. The van der Waals surface area contributed by atoms with E-state index in [1.54, 1.807) is 0 Å². The number of carbonyl (C=O) groups excluding carboxylic acids is 1. The summed E-state index contributed by atoms with van der Waals surface area (Å²) in [5.41, 5.74) is 0. The monoisotopic (exact) mass is 168 g/mol. The van der Waals surface area contributed by atoms with E-state index >= 15 is 0 Å². The number of ether oxygens (including phenoxy) is 1. The van der Waals surface area contributed by atoms with Crippen molar-refractivity contribution in [1.29, 1.82) is 0 Å². The zero-order chi connectivity index (χ0) is 7.98. The number of Topliss-reactive ketones (excluding diaryl/α,β-unsaturated/α-hetero) is 1. The maximum atomic E-state index is 10.5. The number of methoxy groups -OCH3 is 1. The second-order valence-electron chi connectivity index (χ2n) is 1.53. The number of hydrogen-bond donors (Lipinski definition) is 1. The summed E-state index contributed by atoms with van der Waals surface area (Å²) in [6.45, 7) is -0.447. The lowest BCUT2D eigenvalue weighted by atomic mass is 10.5. The van der Waals surface area contributed by atoms with Gasteiger partial charge < -0.3 is 14.2 Å². The average molecular weight is 168 g/mol. The van der Waals surface area contributed by atoms with E-state index in [4.69, 9.17) is 4.89 Å². The molecule has 0 heterocycles. The Bertz CT molecular complexity index is 134. The molecule has 6 heteroatoms. The molecule has 1 unspecified atom stereocenters. The molecule has 0 saturated heterocycles. The summed E-state index contributed by atoms with van der Waals surface area (Å²) in [6, 6.07) is 0. The maximum absolute atomic E-state index is 10.5. The molecule has 60 valence electrons. The van der Waals surface area contributed by atoms with Crippen molar-refractivity contribution in [2.45, 2.75) is 0 Å². The predicted octanol–water partition coefficient (Wildman–Crippen LogP) is -0.399. The molecule has 0 rings (SSSR count). The predicted molar refractivity (Wildman–Crippen MR) is 34.1 cm³/mol. The van der Waals surface area contributed by atoms with Crippen molar-refractivity contribution in [3.8, 4) is 0 Å². The van der Waals surface area contributed by atoms with Gasteiger partial charge in [-0.3, -0.25) is 9.36 Å². The van der Waals surface area contributed by atoms with E-state index < -0.39 is 8.25 Å². The molecule has 0 aromatic carbocycles. The Morgan fingerprint density at radius 3 is 2.60 bits per heavy atom. The van der Waals surface area contributed by atoms with Crippen LogP contribution in [0.1, 0.15) is 0 Å². The number of carbonyl (C=O) groups is 1. The van der Waals surface area contributed by atoms with Crippen LogP contribution in [0.4, 0.5) is 0 Å². The first-order valence-corrected chi connectivity index (χ1v) is 3.79. The molecule has 0 aromatic heterocycles. The molecule has 0 amide bonds. The fourth-order valence-electron chi connectivity index (χ4n) is 0.345. The molecule has 0 bridgehead atoms. The van der Waals surface area contributed by atoms with Gasteiger partial charge in [-0.1, -0.05) is 0 Å². The van der Waals surface area contributed by atoms with Gasteiger partial charge in [0, 0.05) is 7.11 Å². The van der Waals surface area contributed by atoms with E-state index in [1.807, 2.05) is 0 Å². The van der Waals surface area contributed by atoms with Crippen LogP contribution in [0.3, 0.4) is 0 Å². The molecule has 0 saturated carbocycles. The summed E-state index contributed by atoms with van der Waals surface area (Å²) in [5.74, 6) is -0.352. The summed E-state index contributed by atoms with van der Waals surface area (Å²) in [7, 11) is -1.61. The van der Waals surface area contributed by atoms with Crippen LogP contribution in [-0.4, -0.2) is 31.0 Å². The third-order valence-electron chi connectivity index (χ3n) is 0.662. The summed E-state index contributed by atoms with van der Waals surface area (Å²) in [6.07, 6.45) is 0. The summed E-state index contributed by atoms with van der Waals surface area (Å²) >= 11 is 0. The highest BCUT2D eigenvalue weighted by Crippen LogP contribution is 2.13. The van der Waals surface area contributed by atoms with E-state index in [2.05, 4.69) is 9.26 Å². The highest BCUT2D eigenvalue weighted by molar-refractivity contribution is 7.32.